The minimum atomic E-state index is -0.559. The molecule has 0 aliphatic heterocycles. The summed E-state index contributed by atoms with van der Waals surface area (Å²) >= 11 is 0. The summed E-state index contributed by atoms with van der Waals surface area (Å²) in [5.41, 5.74) is 1.82. The summed E-state index contributed by atoms with van der Waals surface area (Å²) in [7, 11) is 1.58. The molecular weight excluding hydrogens is 354 g/mol. The molecule has 0 saturated carbocycles. The lowest BCUT2D eigenvalue weighted by atomic mass is 10.0. The number of hydrogen-bond donors (Lipinski definition) is 1. The Balaban J connectivity index is 2.22. The minimum absolute atomic E-state index is 0.0870. The fourth-order valence-electron chi connectivity index (χ4n) is 2.79. The van der Waals surface area contributed by atoms with E-state index < -0.39 is 5.97 Å². The molecule has 0 aliphatic carbocycles. The zero-order valence-corrected chi connectivity index (χ0v) is 16.6. The van der Waals surface area contributed by atoms with Gasteiger partial charge in [-0.25, -0.2) is 4.79 Å². The third-order valence-corrected chi connectivity index (χ3v) is 4.43. The van der Waals surface area contributed by atoms with Gasteiger partial charge in [0.2, 0.25) is 0 Å². The third-order valence-electron chi connectivity index (χ3n) is 4.43. The quantitative estimate of drug-likeness (QED) is 0.404. The van der Waals surface area contributed by atoms with E-state index in [4.69, 9.17) is 9.47 Å². The predicted molar refractivity (Wildman–Crippen MR) is 111 cm³/mol. The normalized spacial score (nSPS) is 11.2. The highest BCUT2D eigenvalue weighted by molar-refractivity contribution is 6.22. The number of methoxy groups -OCH3 is 1. The van der Waals surface area contributed by atoms with Crippen LogP contribution in [0.1, 0.15) is 37.8 Å². The Morgan fingerprint density at radius 2 is 1.64 bits per heavy atom. The molecule has 0 atom stereocenters. The van der Waals surface area contributed by atoms with Crippen molar-refractivity contribution in [1.29, 1.82) is 0 Å². The van der Waals surface area contributed by atoms with Crippen molar-refractivity contribution in [2.75, 3.05) is 13.7 Å². The Hall–Kier alpha value is -3.08. The maximum Gasteiger partial charge on any atom is 0.339 e. The summed E-state index contributed by atoms with van der Waals surface area (Å²) in [6, 6.07) is 16.7. The van der Waals surface area contributed by atoms with E-state index in [0.29, 0.717) is 16.9 Å². The van der Waals surface area contributed by atoms with Gasteiger partial charge in [0.15, 0.2) is 6.61 Å². The van der Waals surface area contributed by atoms with Crippen LogP contribution in [-0.2, 0) is 14.3 Å². The van der Waals surface area contributed by atoms with Gasteiger partial charge in [0.25, 0.3) is 5.91 Å². The first kappa shape index (κ1) is 21.2. The second kappa shape index (κ2) is 10.9. The van der Waals surface area contributed by atoms with Crippen LogP contribution in [0.15, 0.2) is 54.6 Å². The van der Waals surface area contributed by atoms with E-state index in [-0.39, 0.29) is 18.6 Å². The zero-order valence-electron chi connectivity index (χ0n) is 16.6. The second-order valence-electron chi connectivity index (χ2n) is 6.32. The highest BCUT2D eigenvalue weighted by atomic mass is 16.5. The van der Waals surface area contributed by atoms with Crippen LogP contribution in [-0.4, -0.2) is 31.6 Å². The Labute approximate surface area is 166 Å². The molecule has 0 radical (unpaired) electrons. The number of benzene rings is 2. The molecular formula is C23H27NO4. The van der Waals surface area contributed by atoms with Crippen LogP contribution in [0, 0.1) is 0 Å². The molecule has 5 heteroatoms. The summed E-state index contributed by atoms with van der Waals surface area (Å²) < 4.78 is 10.7. The van der Waals surface area contributed by atoms with Crippen LogP contribution in [0.2, 0.25) is 0 Å². The summed E-state index contributed by atoms with van der Waals surface area (Å²) in [5, 5.41) is 2.86. The van der Waals surface area contributed by atoms with E-state index in [1.165, 1.54) is 0 Å². The number of nitrogens with one attached hydrogen (secondary N) is 1. The summed E-state index contributed by atoms with van der Waals surface area (Å²) in [4.78, 5) is 24.8. The molecule has 148 valence electrons. The standard InChI is InChI=1S/C23H27NO4/c1-4-19(5-2)24-22(25)16-28-23(26)20(17-11-7-6-8-12-17)15-18-13-9-10-14-21(18)27-3/h6-15,19H,4-5,16H2,1-3H3,(H,24,25). The van der Waals surface area contributed by atoms with Crippen LogP contribution < -0.4 is 10.1 Å². The zero-order chi connectivity index (χ0) is 20.4. The number of rotatable bonds is 9. The van der Waals surface area contributed by atoms with Crippen molar-refractivity contribution in [2.24, 2.45) is 0 Å². The number of carbonyl (C=O) groups is 2. The van der Waals surface area contributed by atoms with Gasteiger partial charge in [-0.1, -0.05) is 62.4 Å². The maximum absolute atomic E-state index is 12.8. The Morgan fingerprint density at radius 1 is 1.00 bits per heavy atom. The first-order valence-corrected chi connectivity index (χ1v) is 9.45. The van der Waals surface area contributed by atoms with Crippen molar-refractivity contribution in [3.8, 4) is 5.75 Å². The van der Waals surface area contributed by atoms with E-state index >= 15 is 0 Å². The van der Waals surface area contributed by atoms with E-state index in [1.54, 1.807) is 13.2 Å². The number of ether oxygens (including phenoxy) is 2. The van der Waals surface area contributed by atoms with Gasteiger partial charge in [0, 0.05) is 11.6 Å². The lowest BCUT2D eigenvalue weighted by molar-refractivity contribution is -0.143. The van der Waals surface area contributed by atoms with E-state index in [0.717, 1.165) is 18.4 Å². The SMILES string of the molecule is CCC(CC)NC(=O)COC(=O)C(=Cc1ccccc1OC)c1ccccc1. The number of amides is 1. The fraction of sp³-hybridized carbons (Fsp3) is 0.304. The Bertz CT molecular complexity index is 810. The minimum Gasteiger partial charge on any atom is -0.496 e. The Kier molecular flexibility index (Phi) is 8.28. The van der Waals surface area contributed by atoms with Crippen molar-refractivity contribution >= 4 is 23.5 Å². The average Bonchev–Trinajstić information content (AvgIpc) is 2.74. The smallest absolute Gasteiger partial charge is 0.339 e. The second-order valence-corrected chi connectivity index (χ2v) is 6.32. The van der Waals surface area contributed by atoms with Gasteiger partial charge >= 0.3 is 5.97 Å². The molecule has 1 amide bonds. The van der Waals surface area contributed by atoms with E-state index in [2.05, 4.69) is 5.32 Å². The van der Waals surface area contributed by atoms with Crippen molar-refractivity contribution < 1.29 is 19.1 Å². The molecule has 2 aromatic rings. The van der Waals surface area contributed by atoms with Gasteiger partial charge in [0.05, 0.1) is 12.7 Å². The molecule has 0 fully saturated rings. The predicted octanol–water partition coefficient (Wildman–Crippen LogP) is 4.08. The molecule has 0 aromatic heterocycles. The monoisotopic (exact) mass is 381 g/mol. The van der Waals surface area contributed by atoms with Gasteiger partial charge < -0.3 is 14.8 Å². The van der Waals surface area contributed by atoms with Crippen LogP contribution in [0.4, 0.5) is 0 Å². The summed E-state index contributed by atoms with van der Waals surface area (Å²) in [6.45, 7) is 3.69. The largest absolute Gasteiger partial charge is 0.496 e. The summed E-state index contributed by atoms with van der Waals surface area (Å²) in [5.74, 6) is -0.209. The first-order chi connectivity index (χ1) is 13.6. The van der Waals surface area contributed by atoms with Gasteiger partial charge in [-0.2, -0.15) is 0 Å². The highest BCUT2D eigenvalue weighted by Gasteiger charge is 2.17. The molecule has 0 heterocycles. The topological polar surface area (TPSA) is 64.6 Å². The number of hydrogen-bond acceptors (Lipinski definition) is 4. The number of esters is 1. The van der Waals surface area contributed by atoms with Crippen molar-refractivity contribution in [1.82, 2.24) is 5.32 Å². The van der Waals surface area contributed by atoms with Gasteiger partial charge in [0.1, 0.15) is 5.75 Å². The third kappa shape index (κ3) is 5.98. The number of carbonyl (C=O) groups excluding carboxylic acids is 2. The van der Waals surface area contributed by atoms with Crippen LogP contribution in [0.25, 0.3) is 11.6 Å². The van der Waals surface area contributed by atoms with Crippen molar-refractivity contribution in [3.63, 3.8) is 0 Å². The van der Waals surface area contributed by atoms with Gasteiger partial charge in [-0.15, -0.1) is 0 Å². The molecule has 28 heavy (non-hydrogen) atoms. The molecule has 0 aliphatic rings. The van der Waals surface area contributed by atoms with Gasteiger partial charge in [-0.3, -0.25) is 4.79 Å². The first-order valence-electron chi connectivity index (χ1n) is 9.45. The lowest BCUT2D eigenvalue weighted by Crippen LogP contribution is -2.36. The molecule has 1 N–H and O–H groups in total. The molecule has 0 unspecified atom stereocenters. The van der Waals surface area contributed by atoms with Crippen molar-refractivity contribution in [3.05, 3.63) is 65.7 Å². The number of para-hydroxylation sites is 1. The van der Waals surface area contributed by atoms with Crippen molar-refractivity contribution in [2.45, 2.75) is 32.7 Å². The fourth-order valence-corrected chi connectivity index (χ4v) is 2.79. The van der Waals surface area contributed by atoms with E-state index in [1.807, 2.05) is 68.4 Å². The lowest BCUT2D eigenvalue weighted by Gasteiger charge is -2.15. The Morgan fingerprint density at radius 3 is 2.29 bits per heavy atom. The molecule has 5 nitrogen and oxygen atoms in total. The van der Waals surface area contributed by atoms with Crippen LogP contribution in [0.3, 0.4) is 0 Å². The van der Waals surface area contributed by atoms with Gasteiger partial charge in [-0.05, 0) is 30.5 Å². The molecule has 0 spiro atoms. The van der Waals surface area contributed by atoms with Crippen LogP contribution >= 0.6 is 0 Å². The average molecular weight is 381 g/mol. The molecule has 2 aromatic carbocycles. The van der Waals surface area contributed by atoms with Crippen LogP contribution in [0.5, 0.6) is 5.75 Å². The summed E-state index contributed by atoms with van der Waals surface area (Å²) in [6.07, 6.45) is 3.38. The molecule has 0 saturated heterocycles. The van der Waals surface area contributed by atoms with E-state index in [9.17, 15) is 9.59 Å². The maximum atomic E-state index is 12.8. The molecule has 2 rings (SSSR count). The molecule has 0 bridgehead atoms. The highest BCUT2D eigenvalue weighted by Crippen LogP contribution is 2.25.